The van der Waals surface area contributed by atoms with Crippen LogP contribution in [0.4, 0.5) is 0 Å². The lowest BCUT2D eigenvalue weighted by Gasteiger charge is -2.20. The van der Waals surface area contributed by atoms with Gasteiger partial charge >= 0.3 is 0 Å². The summed E-state index contributed by atoms with van der Waals surface area (Å²) in [5.74, 6) is 1.83. The highest BCUT2D eigenvalue weighted by atomic mass is 16.1. The molecule has 0 spiro atoms. The van der Waals surface area contributed by atoms with Crippen molar-refractivity contribution in [3.63, 3.8) is 0 Å². The summed E-state index contributed by atoms with van der Waals surface area (Å²) in [6, 6.07) is 0. The smallest absolute Gasteiger partial charge is 0.146 e. The van der Waals surface area contributed by atoms with Crippen molar-refractivity contribution in [1.82, 2.24) is 0 Å². The zero-order valence-electron chi connectivity index (χ0n) is 9.21. The van der Waals surface area contributed by atoms with Crippen LogP contribution in [-0.4, -0.2) is 6.29 Å². The molecule has 1 saturated carbocycles. The summed E-state index contributed by atoms with van der Waals surface area (Å²) >= 11 is 0. The highest BCUT2D eigenvalue weighted by Gasteiger charge is 2.58. The third kappa shape index (κ3) is 1.18. The van der Waals surface area contributed by atoms with Crippen LogP contribution in [0.3, 0.4) is 0 Å². The van der Waals surface area contributed by atoms with Crippen LogP contribution in [0.2, 0.25) is 0 Å². The standard InChI is InChI=1S/C13H18O/c1-8-5-11-12(13(11,3)4)6-10(8)9(2)7-14/h5,7,10-12H,2,6H2,1,3-4H3. The van der Waals surface area contributed by atoms with Crippen molar-refractivity contribution in [3.05, 3.63) is 23.8 Å². The van der Waals surface area contributed by atoms with Gasteiger partial charge in [0.25, 0.3) is 0 Å². The maximum Gasteiger partial charge on any atom is 0.146 e. The maximum absolute atomic E-state index is 10.7. The maximum atomic E-state index is 10.7. The van der Waals surface area contributed by atoms with E-state index in [4.69, 9.17) is 0 Å². The van der Waals surface area contributed by atoms with Gasteiger partial charge in [-0.3, -0.25) is 4.79 Å². The lowest BCUT2D eigenvalue weighted by molar-refractivity contribution is -0.105. The number of aldehydes is 1. The first-order chi connectivity index (χ1) is 6.48. The summed E-state index contributed by atoms with van der Waals surface area (Å²) in [5.41, 5.74) is 2.55. The first kappa shape index (κ1) is 9.70. The largest absolute Gasteiger partial charge is 0.298 e. The first-order valence-electron chi connectivity index (χ1n) is 5.30. The van der Waals surface area contributed by atoms with E-state index in [0.29, 0.717) is 11.3 Å². The lowest BCUT2D eigenvalue weighted by Crippen LogP contribution is -2.11. The van der Waals surface area contributed by atoms with E-state index in [1.165, 1.54) is 5.57 Å². The summed E-state index contributed by atoms with van der Waals surface area (Å²) in [7, 11) is 0. The van der Waals surface area contributed by atoms with E-state index in [0.717, 1.165) is 30.1 Å². The van der Waals surface area contributed by atoms with Gasteiger partial charge in [0, 0.05) is 5.92 Å². The molecule has 0 radical (unpaired) electrons. The molecule has 0 aromatic rings. The van der Waals surface area contributed by atoms with E-state index in [-0.39, 0.29) is 0 Å². The van der Waals surface area contributed by atoms with Gasteiger partial charge in [-0.2, -0.15) is 0 Å². The van der Waals surface area contributed by atoms with E-state index in [1.807, 2.05) is 0 Å². The number of hydrogen-bond donors (Lipinski definition) is 0. The van der Waals surface area contributed by atoms with Crippen molar-refractivity contribution >= 4 is 6.29 Å². The Morgan fingerprint density at radius 2 is 2.29 bits per heavy atom. The van der Waals surface area contributed by atoms with Crippen molar-refractivity contribution in [3.8, 4) is 0 Å². The lowest BCUT2D eigenvalue weighted by atomic mass is 9.84. The molecular formula is C13H18O. The first-order valence-corrected chi connectivity index (χ1v) is 5.30. The fraction of sp³-hybridized carbons (Fsp3) is 0.615. The molecule has 0 aliphatic heterocycles. The molecule has 0 bridgehead atoms. The molecule has 1 fully saturated rings. The monoisotopic (exact) mass is 190 g/mol. The molecule has 0 heterocycles. The predicted molar refractivity (Wildman–Crippen MR) is 57.8 cm³/mol. The van der Waals surface area contributed by atoms with Gasteiger partial charge in [-0.25, -0.2) is 0 Å². The predicted octanol–water partition coefficient (Wildman–Crippen LogP) is 2.98. The minimum atomic E-state index is 0.315. The Bertz CT molecular complexity index is 322. The van der Waals surface area contributed by atoms with Crippen molar-refractivity contribution in [1.29, 1.82) is 0 Å². The summed E-state index contributed by atoms with van der Waals surface area (Å²) in [6.07, 6.45) is 4.39. The topological polar surface area (TPSA) is 17.1 Å². The van der Waals surface area contributed by atoms with Crippen LogP contribution in [0.15, 0.2) is 23.8 Å². The molecule has 0 saturated heterocycles. The minimum absolute atomic E-state index is 0.315. The minimum Gasteiger partial charge on any atom is -0.298 e. The molecule has 2 aliphatic rings. The molecule has 14 heavy (non-hydrogen) atoms. The Morgan fingerprint density at radius 1 is 1.64 bits per heavy atom. The molecule has 0 amide bonds. The molecule has 3 unspecified atom stereocenters. The van der Waals surface area contributed by atoms with Gasteiger partial charge in [0.15, 0.2) is 0 Å². The van der Waals surface area contributed by atoms with Gasteiger partial charge in [0.1, 0.15) is 6.29 Å². The van der Waals surface area contributed by atoms with Crippen LogP contribution in [0, 0.1) is 23.2 Å². The van der Waals surface area contributed by atoms with Crippen molar-refractivity contribution in [2.45, 2.75) is 27.2 Å². The highest BCUT2D eigenvalue weighted by Crippen LogP contribution is 2.65. The Morgan fingerprint density at radius 3 is 2.86 bits per heavy atom. The zero-order valence-corrected chi connectivity index (χ0v) is 9.21. The molecule has 0 N–H and O–H groups in total. The van der Waals surface area contributed by atoms with Crippen LogP contribution in [0.25, 0.3) is 0 Å². The number of fused-ring (bicyclic) bond motifs is 1. The number of allylic oxidation sites excluding steroid dienone is 3. The van der Waals surface area contributed by atoms with E-state index < -0.39 is 0 Å². The number of carbonyl (C=O) groups excluding carboxylic acids is 1. The second kappa shape index (κ2) is 2.82. The van der Waals surface area contributed by atoms with Gasteiger partial charge in [-0.05, 0) is 36.2 Å². The van der Waals surface area contributed by atoms with Crippen LogP contribution in [0.1, 0.15) is 27.2 Å². The normalized spacial score (nSPS) is 38.2. The van der Waals surface area contributed by atoms with Crippen LogP contribution in [0.5, 0.6) is 0 Å². The van der Waals surface area contributed by atoms with Crippen molar-refractivity contribution in [2.75, 3.05) is 0 Å². The Kier molecular flexibility index (Phi) is 1.95. The quantitative estimate of drug-likeness (QED) is 0.371. The second-order valence-corrected chi connectivity index (χ2v) is 5.35. The SMILES string of the molecule is C=C(C=O)C1CC2C(C=C1C)C2(C)C. The molecule has 0 aromatic carbocycles. The third-order valence-electron chi connectivity index (χ3n) is 4.22. The Balaban J connectivity index is 2.20. The molecule has 2 rings (SSSR count). The van der Waals surface area contributed by atoms with Crippen LogP contribution >= 0.6 is 0 Å². The van der Waals surface area contributed by atoms with E-state index in [2.05, 4.69) is 33.4 Å². The van der Waals surface area contributed by atoms with Gasteiger partial charge in [-0.1, -0.05) is 32.1 Å². The summed E-state index contributed by atoms with van der Waals surface area (Å²) in [5, 5.41) is 0. The average molecular weight is 190 g/mol. The Labute approximate surface area is 85.9 Å². The van der Waals surface area contributed by atoms with Gasteiger partial charge in [0.05, 0.1) is 0 Å². The molecule has 2 aliphatic carbocycles. The van der Waals surface area contributed by atoms with Crippen LogP contribution in [-0.2, 0) is 4.79 Å². The van der Waals surface area contributed by atoms with E-state index in [1.54, 1.807) is 0 Å². The molecule has 3 atom stereocenters. The summed E-state index contributed by atoms with van der Waals surface area (Å²) < 4.78 is 0. The van der Waals surface area contributed by atoms with E-state index >= 15 is 0 Å². The number of hydrogen-bond acceptors (Lipinski definition) is 1. The molecule has 76 valence electrons. The highest BCUT2D eigenvalue weighted by molar-refractivity contribution is 5.74. The average Bonchev–Trinajstić information content (AvgIpc) is 2.66. The molecule has 0 aromatic heterocycles. The van der Waals surface area contributed by atoms with E-state index in [9.17, 15) is 4.79 Å². The third-order valence-corrected chi connectivity index (χ3v) is 4.22. The van der Waals surface area contributed by atoms with Crippen molar-refractivity contribution in [2.24, 2.45) is 23.2 Å². The molecular weight excluding hydrogens is 172 g/mol. The Hall–Kier alpha value is -0.850. The summed E-state index contributed by atoms with van der Waals surface area (Å²) in [4.78, 5) is 10.7. The van der Waals surface area contributed by atoms with Gasteiger partial charge < -0.3 is 0 Å². The van der Waals surface area contributed by atoms with Gasteiger partial charge in [-0.15, -0.1) is 0 Å². The molecule has 1 heteroatoms. The molecule has 1 nitrogen and oxygen atoms in total. The van der Waals surface area contributed by atoms with Gasteiger partial charge in [0.2, 0.25) is 0 Å². The zero-order chi connectivity index (χ0) is 10.5. The fourth-order valence-corrected chi connectivity index (χ4v) is 2.93. The fourth-order valence-electron chi connectivity index (χ4n) is 2.93. The van der Waals surface area contributed by atoms with Crippen LogP contribution < -0.4 is 0 Å². The number of carbonyl (C=O) groups is 1. The second-order valence-electron chi connectivity index (χ2n) is 5.35. The van der Waals surface area contributed by atoms with Crippen molar-refractivity contribution < 1.29 is 4.79 Å². The summed E-state index contributed by atoms with van der Waals surface area (Å²) in [6.45, 7) is 10.6. The number of rotatable bonds is 2.